The molecule has 1 aromatic carbocycles. The molecule has 0 unspecified atom stereocenters. The van der Waals surface area contributed by atoms with E-state index in [4.69, 9.17) is 9.15 Å². The standard InChI is InChI=1S/C17H9F5O3S/c1-2-24-17(23)7-6-8(9-4-3-5-26-9)25-16(7)10-11(18)13(20)15(22)14(21)12(10)19/h3-6H,2H2,1H3. The smallest absolute Gasteiger partial charge is 0.342 e. The van der Waals surface area contributed by atoms with Gasteiger partial charge in [-0.3, -0.25) is 0 Å². The summed E-state index contributed by atoms with van der Waals surface area (Å²) >= 11 is 1.19. The van der Waals surface area contributed by atoms with E-state index in [1.54, 1.807) is 17.5 Å². The van der Waals surface area contributed by atoms with Crippen LogP contribution >= 0.6 is 11.3 Å². The van der Waals surface area contributed by atoms with Crippen LogP contribution in [0.4, 0.5) is 22.0 Å². The van der Waals surface area contributed by atoms with Crippen molar-refractivity contribution >= 4 is 17.3 Å². The number of esters is 1. The highest BCUT2D eigenvalue weighted by Gasteiger charge is 2.32. The zero-order valence-corrected chi connectivity index (χ0v) is 13.9. The Morgan fingerprint density at radius 1 is 1.08 bits per heavy atom. The molecule has 0 saturated carbocycles. The van der Waals surface area contributed by atoms with Gasteiger partial charge in [-0.2, -0.15) is 0 Å². The Morgan fingerprint density at radius 2 is 1.69 bits per heavy atom. The quantitative estimate of drug-likeness (QED) is 0.255. The van der Waals surface area contributed by atoms with Crippen LogP contribution in [-0.2, 0) is 4.74 Å². The zero-order valence-electron chi connectivity index (χ0n) is 13.0. The number of halogens is 5. The first-order valence-corrected chi connectivity index (χ1v) is 8.11. The second-order valence-electron chi connectivity index (χ2n) is 5.00. The molecule has 2 aromatic heterocycles. The van der Waals surface area contributed by atoms with Gasteiger partial charge < -0.3 is 9.15 Å². The highest BCUT2D eigenvalue weighted by Crippen LogP contribution is 2.39. The van der Waals surface area contributed by atoms with Crippen molar-refractivity contribution in [3.05, 3.63) is 58.2 Å². The Kier molecular flexibility index (Phi) is 4.82. The third-order valence-corrected chi connectivity index (χ3v) is 4.31. The topological polar surface area (TPSA) is 39.4 Å². The molecule has 3 rings (SSSR count). The minimum atomic E-state index is -2.30. The van der Waals surface area contributed by atoms with Crippen LogP contribution in [0.2, 0.25) is 0 Å². The minimum absolute atomic E-state index is 0.0296. The lowest BCUT2D eigenvalue weighted by Gasteiger charge is -2.08. The van der Waals surface area contributed by atoms with Crippen molar-refractivity contribution in [2.24, 2.45) is 0 Å². The molecule has 0 radical (unpaired) electrons. The number of benzene rings is 1. The summed E-state index contributed by atoms with van der Waals surface area (Å²) in [7, 11) is 0. The van der Waals surface area contributed by atoms with Gasteiger partial charge in [-0.05, 0) is 18.4 Å². The van der Waals surface area contributed by atoms with E-state index >= 15 is 0 Å². The summed E-state index contributed by atoms with van der Waals surface area (Å²) < 4.78 is 78.7. The van der Waals surface area contributed by atoms with Crippen LogP contribution in [0, 0.1) is 29.1 Å². The average Bonchev–Trinajstić information content (AvgIpc) is 3.28. The van der Waals surface area contributed by atoms with E-state index < -0.39 is 51.9 Å². The van der Waals surface area contributed by atoms with E-state index in [9.17, 15) is 26.7 Å². The fraction of sp³-hybridized carbons (Fsp3) is 0.118. The van der Waals surface area contributed by atoms with Gasteiger partial charge in [-0.1, -0.05) is 6.07 Å². The Bertz CT molecular complexity index is 950. The molecule has 9 heteroatoms. The molecule has 0 N–H and O–H groups in total. The lowest BCUT2D eigenvalue weighted by Crippen LogP contribution is -2.08. The fourth-order valence-corrected chi connectivity index (χ4v) is 2.96. The van der Waals surface area contributed by atoms with Crippen LogP contribution in [0.3, 0.4) is 0 Å². The molecule has 136 valence electrons. The normalized spacial score (nSPS) is 11.0. The third kappa shape index (κ3) is 2.88. The summed E-state index contributed by atoms with van der Waals surface area (Å²) in [6.45, 7) is 1.44. The molecule has 0 aliphatic heterocycles. The zero-order chi connectivity index (χ0) is 19.0. The van der Waals surface area contributed by atoms with Gasteiger partial charge >= 0.3 is 5.97 Å². The van der Waals surface area contributed by atoms with E-state index in [2.05, 4.69) is 0 Å². The SMILES string of the molecule is CCOC(=O)c1cc(-c2cccs2)oc1-c1c(F)c(F)c(F)c(F)c1F. The van der Waals surface area contributed by atoms with Gasteiger partial charge in [-0.15, -0.1) is 11.3 Å². The lowest BCUT2D eigenvalue weighted by molar-refractivity contribution is 0.0526. The highest BCUT2D eigenvalue weighted by molar-refractivity contribution is 7.13. The molecule has 2 heterocycles. The van der Waals surface area contributed by atoms with Gasteiger partial charge in [-0.25, -0.2) is 26.7 Å². The van der Waals surface area contributed by atoms with Gasteiger partial charge in [0.05, 0.1) is 17.0 Å². The molecule has 0 saturated heterocycles. The van der Waals surface area contributed by atoms with Crippen molar-refractivity contribution in [2.75, 3.05) is 6.61 Å². The predicted octanol–water partition coefficient (Wildman–Crippen LogP) is 5.55. The lowest BCUT2D eigenvalue weighted by atomic mass is 10.1. The molecule has 3 aromatic rings. The van der Waals surface area contributed by atoms with Crippen LogP contribution in [0.15, 0.2) is 28.0 Å². The Labute approximate surface area is 147 Å². The van der Waals surface area contributed by atoms with E-state index in [1.165, 1.54) is 18.3 Å². The molecule has 3 nitrogen and oxygen atoms in total. The average molecular weight is 388 g/mol. The maximum absolute atomic E-state index is 14.1. The van der Waals surface area contributed by atoms with Crippen LogP contribution in [0.25, 0.3) is 22.0 Å². The summed E-state index contributed by atoms with van der Waals surface area (Å²) in [4.78, 5) is 12.6. The van der Waals surface area contributed by atoms with Crippen molar-refractivity contribution in [3.63, 3.8) is 0 Å². The Morgan fingerprint density at radius 3 is 2.23 bits per heavy atom. The van der Waals surface area contributed by atoms with Crippen LogP contribution in [0.1, 0.15) is 17.3 Å². The van der Waals surface area contributed by atoms with Gasteiger partial charge in [0.25, 0.3) is 0 Å². The molecular weight excluding hydrogens is 379 g/mol. The largest absolute Gasteiger partial charge is 0.462 e. The van der Waals surface area contributed by atoms with Crippen molar-refractivity contribution < 1.29 is 35.9 Å². The van der Waals surface area contributed by atoms with E-state index in [-0.39, 0.29) is 12.4 Å². The minimum Gasteiger partial charge on any atom is -0.462 e. The molecule has 0 aliphatic carbocycles. The van der Waals surface area contributed by atoms with Crippen LogP contribution in [0.5, 0.6) is 0 Å². The number of furan rings is 1. The maximum atomic E-state index is 14.1. The molecule has 0 atom stereocenters. The van der Waals surface area contributed by atoms with E-state index in [0.29, 0.717) is 4.88 Å². The molecule has 0 spiro atoms. The van der Waals surface area contributed by atoms with Crippen LogP contribution in [-0.4, -0.2) is 12.6 Å². The summed E-state index contributed by atoms with van der Waals surface area (Å²) in [5.74, 6) is -12.5. The number of hydrogen-bond donors (Lipinski definition) is 0. The molecule has 26 heavy (non-hydrogen) atoms. The monoisotopic (exact) mass is 388 g/mol. The predicted molar refractivity (Wildman–Crippen MR) is 83.2 cm³/mol. The van der Waals surface area contributed by atoms with E-state index in [1.807, 2.05) is 0 Å². The third-order valence-electron chi connectivity index (χ3n) is 3.43. The summed E-state index contributed by atoms with van der Waals surface area (Å²) in [6, 6.07) is 4.39. The van der Waals surface area contributed by atoms with Gasteiger partial charge in [0.1, 0.15) is 11.3 Å². The molecule has 0 bridgehead atoms. The summed E-state index contributed by atoms with van der Waals surface area (Å²) in [6.07, 6.45) is 0. The molecular formula is C17H9F5O3S. The van der Waals surface area contributed by atoms with Crippen molar-refractivity contribution in [3.8, 4) is 22.0 Å². The van der Waals surface area contributed by atoms with Crippen molar-refractivity contribution in [1.82, 2.24) is 0 Å². The summed E-state index contributed by atoms with van der Waals surface area (Å²) in [5, 5.41) is 1.68. The van der Waals surface area contributed by atoms with E-state index in [0.717, 1.165) is 6.07 Å². The first kappa shape index (κ1) is 18.1. The molecule has 0 aliphatic rings. The fourth-order valence-electron chi connectivity index (χ4n) is 2.28. The Hall–Kier alpha value is -2.68. The second-order valence-corrected chi connectivity index (χ2v) is 5.94. The van der Waals surface area contributed by atoms with Gasteiger partial charge in [0, 0.05) is 6.07 Å². The second kappa shape index (κ2) is 6.91. The number of carbonyl (C=O) groups excluding carboxylic acids is 1. The first-order valence-electron chi connectivity index (χ1n) is 7.23. The number of ether oxygens (including phenoxy) is 1. The van der Waals surface area contributed by atoms with Gasteiger partial charge in [0.15, 0.2) is 29.0 Å². The number of carbonyl (C=O) groups is 1. The Balaban J connectivity index is 2.30. The highest BCUT2D eigenvalue weighted by atomic mass is 32.1. The van der Waals surface area contributed by atoms with Crippen molar-refractivity contribution in [2.45, 2.75) is 6.92 Å². The molecule has 0 amide bonds. The summed E-state index contributed by atoms with van der Waals surface area (Å²) in [5.41, 5.74) is -1.77. The van der Waals surface area contributed by atoms with Crippen molar-refractivity contribution in [1.29, 1.82) is 0 Å². The van der Waals surface area contributed by atoms with Gasteiger partial charge in [0.2, 0.25) is 5.82 Å². The van der Waals surface area contributed by atoms with Crippen LogP contribution < -0.4 is 0 Å². The number of thiophene rings is 1. The molecule has 0 fully saturated rings. The first-order chi connectivity index (χ1) is 12.4. The number of rotatable bonds is 4. The maximum Gasteiger partial charge on any atom is 0.342 e. The number of hydrogen-bond acceptors (Lipinski definition) is 4.